The van der Waals surface area contributed by atoms with Gasteiger partial charge in [0, 0.05) is 24.6 Å². The first kappa shape index (κ1) is 12.9. The summed E-state index contributed by atoms with van der Waals surface area (Å²) < 4.78 is 13.2. The Balaban J connectivity index is 1.82. The van der Waals surface area contributed by atoms with Crippen molar-refractivity contribution in [3.05, 3.63) is 65.5 Å². The number of benzene rings is 2. The zero-order valence-corrected chi connectivity index (χ0v) is 11.1. The van der Waals surface area contributed by atoms with Crippen LogP contribution < -0.4 is 5.32 Å². The van der Waals surface area contributed by atoms with Crippen molar-refractivity contribution >= 4 is 11.5 Å². The highest BCUT2D eigenvalue weighted by atomic mass is 19.1. The van der Waals surface area contributed by atoms with E-state index in [-0.39, 0.29) is 23.9 Å². The van der Waals surface area contributed by atoms with Crippen molar-refractivity contribution in [2.45, 2.75) is 18.8 Å². The molecule has 0 bridgehead atoms. The van der Waals surface area contributed by atoms with E-state index in [0.717, 1.165) is 29.8 Å². The molecule has 3 rings (SSSR count). The van der Waals surface area contributed by atoms with Gasteiger partial charge in [0.25, 0.3) is 0 Å². The van der Waals surface area contributed by atoms with E-state index in [1.165, 1.54) is 12.1 Å². The molecule has 0 aromatic heterocycles. The van der Waals surface area contributed by atoms with E-state index in [0.29, 0.717) is 0 Å². The maximum absolute atomic E-state index is 13.2. The van der Waals surface area contributed by atoms with Crippen molar-refractivity contribution in [3.8, 4) is 0 Å². The molecule has 1 N–H and O–H groups in total. The van der Waals surface area contributed by atoms with E-state index in [4.69, 9.17) is 0 Å². The summed E-state index contributed by atoms with van der Waals surface area (Å²) in [4.78, 5) is 12.5. The number of fused-ring (bicyclic) bond motifs is 1. The summed E-state index contributed by atoms with van der Waals surface area (Å²) in [7, 11) is 0. The highest BCUT2D eigenvalue weighted by molar-refractivity contribution is 5.89. The molecule has 0 spiro atoms. The average molecular weight is 269 g/mol. The third kappa shape index (κ3) is 2.57. The van der Waals surface area contributed by atoms with Crippen LogP contribution in [0.15, 0.2) is 48.5 Å². The topological polar surface area (TPSA) is 29.1 Å². The zero-order chi connectivity index (χ0) is 13.9. The van der Waals surface area contributed by atoms with Crippen molar-refractivity contribution in [1.82, 2.24) is 0 Å². The Kier molecular flexibility index (Phi) is 3.50. The van der Waals surface area contributed by atoms with Crippen LogP contribution in [-0.4, -0.2) is 12.3 Å². The standard InChI is InChI=1S/C17H16FNO/c18-13-5-3-4-12(10-13)11-17(20)15-8-9-19-16-7-2-1-6-14(15)16/h1-7,10,15,19H,8-9,11H2. The lowest BCUT2D eigenvalue weighted by Crippen LogP contribution is -2.24. The lowest BCUT2D eigenvalue weighted by Gasteiger charge is -2.25. The Bertz CT molecular complexity index is 638. The number of carbonyl (C=O) groups is 1. The molecule has 2 aromatic carbocycles. The number of hydrogen-bond donors (Lipinski definition) is 1. The second-order valence-electron chi connectivity index (χ2n) is 5.13. The number of Topliss-reactive ketones (excluding diaryl/α,β-unsaturated/α-hetero) is 1. The quantitative estimate of drug-likeness (QED) is 0.923. The van der Waals surface area contributed by atoms with Gasteiger partial charge < -0.3 is 5.32 Å². The minimum atomic E-state index is -0.291. The number of carbonyl (C=O) groups excluding carboxylic acids is 1. The van der Waals surface area contributed by atoms with Gasteiger partial charge in [-0.2, -0.15) is 0 Å². The molecule has 1 aliphatic heterocycles. The maximum atomic E-state index is 13.2. The molecule has 102 valence electrons. The molecule has 1 aliphatic rings. The second-order valence-corrected chi connectivity index (χ2v) is 5.13. The van der Waals surface area contributed by atoms with Crippen LogP contribution in [0.2, 0.25) is 0 Å². The predicted molar refractivity (Wildman–Crippen MR) is 77.4 cm³/mol. The van der Waals surface area contributed by atoms with E-state index in [9.17, 15) is 9.18 Å². The molecule has 0 radical (unpaired) electrons. The van der Waals surface area contributed by atoms with Gasteiger partial charge in [0.2, 0.25) is 0 Å². The molecule has 0 amide bonds. The van der Waals surface area contributed by atoms with Crippen LogP contribution in [0.3, 0.4) is 0 Å². The van der Waals surface area contributed by atoms with Crippen LogP contribution in [0, 0.1) is 5.82 Å². The third-order valence-electron chi connectivity index (χ3n) is 3.74. The summed E-state index contributed by atoms with van der Waals surface area (Å²) in [5.41, 5.74) is 2.84. The summed E-state index contributed by atoms with van der Waals surface area (Å²) in [6.07, 6.45) is 1.09. The van der Waals surface area contributed by atoms with Gasteiger partial charge in [0.15, 0.2) is 0 Å². The molecular weight excluding hydrogens is 253 g/mol. The Morgan fingerprint density at radius 3 is 2.90 bits per heavy atom. The fourth-order valence-corrected chi connectivity index (χ4v) is 2.77. The van der Waals surface area contributed by atoms with E-state index in [1.807, 2.05) is 24.3 Å². The summed E-state index contributed by atoms with van der Waals surface area (Å²) in [5, 5.41) is 3.31. The molecule has 1 unspecified atom stereocenters. The molecule has 2 aromatic rings. The summed E-state index contributed by atoms with van der Waals surface area (Å²) in [5.74, 6) is -0.221. The Morgan fingerprint density at radius 2 is 2.05 bits per heavy atom. The SMILES string of the molecule is O=C(Cc1cccc(F)c1)C1CCNc2ccccc21. The van der Waals surface area contributed by atoms with Crippen molar-refractivity contribution in [2.24, 2.45) is 0 Å². The number of anilines is 1. The van der Waals surface area contributed by atoms with E-state index < -0.39 is 0 Å². The first-order valence-electron chi connectivity index (χ1n) is 6.84. The summed E-state index contributed by atoms with van der Waals surface area (Å²) in [6.45, 7) is 0.802. The third-order valence-corrected chi connectivity index (χ3v) is 3.74. The minimum absolute atomic E-state index is 0.0873. The number of halogens is 1. The second kappa shape index (κ2) is 5.45. The van der Waals surface area contributed by atoms with Crippen molar-refractivity contribution < 1.29 is 9.18 Å². The number of ketones is 1. The predicted octanol–water partition coefficient (Wildman–Crippen LogP) is 3.54. The summed E-state index contributed by atoms with van der Waals surface area (Å²) in [6, 6.07) is 14.2. The number of rotatable bonds is 3. The van der Waals surface area contributed by atoms with Gasteiger partial charge in [-0.3, -0.25) is 4.79 Å². The number of nitrogens with one attached hydrogen (secondary N) is 1. The first-order chi connectivity index (χ1) is 9.74. The average Bonchev–Trinajstić information content (AvgIpc) is 2.46. The lowest BCUT2D eigenvalue weighted by molar-refractivity contribution is -0.120. The molecule has 2 nitrogen and oxygen atoms in total. The fourth-order valence-electron chi connectivity index (χ4n) is 2.77. The van der Waals surface area contributed by atoms with Crippen LogP contribution in [0.1, 0.15) is 23.5 Å². The molecule has 0 saturated heterocycles. The Labute approximate surface area is 117 Å². The van der Waals surface area contributed by atoms with Gasteiger partial charge >= 0.3 is 0 Å². The molecule has 20 heavy (non-hydrogen) atoms. The molecule has 0 fully saturated rings. The van der Waals surface area contributed by atoms with Crippen LogP contribution in [0.5, 0.6) is 0 Å². The lowest BCUT2D eigenvalue weighted by atomic mass is 9.85. The molecule has 0 aliphatic carbocycles. The van der Waals surface area contributed by atoms with Crippen LogP contribution >= 0.6 is 0 Å². The number of para-hydroxylation sites is 1. The van der Waals surface area contributed by atoms with Gasteiger partial charge in [-0.25, -0.2) is 4.39 Å². The van der Waals surface area contributed by atoms with Crippen LogP contribution in [0.4, 0.5) is 10.1 Å². The van der Waals surface area contributed by atoms with Crippen molar-refractivity contribution in [2.75, 3.05) is 11.9 Å². The molecule has 0 saturated carbocycles. The van der Waals surface area contributed by atoms with Crippen LogP contribution in [-0.2, 0) is 11.2 Å². The monoisotopic (exact) mass is 269 g/mol. The fraction of sp³-hybridized carbons (Fsp3) is 0.235. The maximum Gasteiger partial charge on any atom is 0.144 e. The van der Waals surface area contributed by atoms with E-state index in [1.54, 1.807) is 12.1 Å². The van der Waals surface area contributed by atoms with Gasteiger partial charge in [-0.1, -0.05) is 30.3 Å². The van der Waals surface area contributed by atoms with Gasteiger partial charge in [-0.15, -0.1) is 0 Å². The number of hydrogen-bond acceptors (Lipinski definition) is 2. The van der Waals surface area contributed by atoms with Gasteiger partial charge in [-0.05, 0) is 35.7 Å². The molecule has 1 atom stereocenters. The highest BCUT2D eigenvalue weighted by Crippen LogP contribution is 2.32. The largest absolute Gasteiger partial charge is 0.385 e. The smallest absolute Gasteiger partial charge is 0.144 e. The highest BCUT2D eigenvalue weighted by Gasteiger charge is 2.25. The van der Waals surface area contributed by atoms with E-state index in [2.05, 4.69) is 5.32 Å². The first-order valence-corrected chi connectivity index (χ1v) is 6.84. The van der Waals surface area contributed by atoms with Crippen LogP contribution in [0.25, 0.3) is 0 Å². The Morgan fingerprint density at radius 1 is 1.20 bits per heavy atom. The molecular formula is C17H16FNO. The Hall–Kier alpha value is -2.16. The zero-order valence-electron chi connectivity index (χ0n) is 11.1. The summed E-state index contributed by atoms with van der Waals surface area (Å²) >= 11 is 0. The molecule has 1 heterocycles. The van der Waals surface area contributed by atoms with Gasteiger partial charge in [0.1, 0.15) is 11.6 Å². The van der Waals surface area contributed by atoms with Crippen molar-refractivity contribution in [1.29, 1.82) is 0 Å². The minimum Gasteiger partial charge on any atom is -0.385 e. The molecule has 3 heteroatoms. The van der Waals surface area contributed by atoms with Crippen molar-refractivity contribution in [3.63, 3.8) is 0 Å². The normalized spacial score (nSPS) is 17.1. The van der Waals surface area contributed by atoms with Gasteiger partial charge in [0.05, 0.1) is 0 Å². The van der Waals surface area contributed by atoms with E-state index >= 15 is 0 Å².